The topological polar surface area (TPSA) is 51.2 Å². The predicted octanol–water partition coefficient (Wildman–Crippen LogP) is 1.59. The Morgan fingerprint density at radius 1 is 1.60 bits per heavy atom. The minimum absolute atomic E-state index is 0.242. The van der Waals surface area contributed by atoms with Gasteiger partial charge in [-0.05, 0) is 19.1 Å². The summed E-state index contributed by atoms with van der Waals surface area (Å²) in [6.07, 6.45) is 0.242. The van der Waals surface area contributed by atoms with Gasteiger partial charge in [0.05, 0.1) is 13.0 Å². The van der Waals surface area contributed by atoms with Crippen LogP contribution in [0.25, 0.3) is 0 Å². The number of aromatic nitrogens is 1. The zero-order valence-electron chi connectivity index (χ0n) is 8.50. The van der Waals surface area contributed by atoms with Gasteiger partial charge in [-0.1, -0.05) is 6.07 Å². The van der Waals surface area contributed by atoms with Crippen LogP contribution in [-0.2, 0) is 9.53 Å². The van der Waals surface area contributed by atoms with E-state index in [0.717, 1.165) is 0 Å². The Bertz CT molecular complexity index is 331. The van der Waals surface area contributed by atoms with Gasteiger partial charge >= 0.3 is 5.97 Å². The number of halogens is 1. The van der Waals surface area contributed by atoms with Crippen molar-refractivity contribution < 1.29 is 13.9 Å². The lowest BCUT2D eigenvalue weighted by atomic mass is 10.4. The number of nitrogens with one attached hydrogen (secondary N) is 1. The van der Waals surface area contributed by atoms with E-state index in [1.165, 1.54) is 6.07 Å². The summed E-state index contributed by atoms with van der Waals surface area (Å²) in [6.45, 7) is 2.51. The van der Waals surface area contributed by atoms with Crippen LogP contribution in [0.2, 0.25) is 0 Å². The molecule has 1 rings (SSSR count). The van der Waals surface area contributed by atoms with Crippen molar-refractivity contribution in [2.24, 2.45) is 0 Å². The maximum absolute atomic E-state index is 12.6. The third-order valence-electron chi connectivity index (χ3n) is 1.66. The third-order valence-corrected chi connectivity index (χ3v) is 1.66. The summed E-state index contributed by atoms with van der Waals surface area (Å²) in [7, 11) is 0. The summed E-state index contributed by atoms with van der Waals surface area (Å²) in [5.74, 6) is -0.406. The highest BCUT2D eigenvalue weighted by Crippen LogP contribution is 2.03. The van der Waals surface area contributed by atoms with Gasteiger partial charge in [-0.25, -0.2) is 4.98 Å². The van der Waals surface area contributed by atoms with Gasteiger partial charge in [0.25, 0.3) is 0 Å². The Balaban J connectivity index is 2.28. The molecule has 0 bridgehead atoms. The molecule has 1 heterocycles. The molecular formula is C10H13FN2O2. The lowest BCUT2D eigenvalue weighted by Gasteiger charge is -2.04. The second-order valence-corrected chi connectivity index (χ2v) is 2.83. The second kappa shape index (κ2) is 5.95. The summed E-state index contributed by atoms with van der Waals surface area (Å²) < 4.78 is 17.4. The highest BCUT2D eigenvalue weighted by molar-refractivity contribution is 5.69. The average molecular weight is 212 g/mol. The van der Waals surface area contributed by atoms with E-state index in [4.69, 9.17) is 4.74 Å². The molecule has 0 saturated heterocycles. The van der Waals surface area contributed by atoms with E-state index in [9.17, 15) is 9.18 Å². The molecular weight excluding hydrogens is 199 g/mol. The zero-order valence-corrected chi connectivity index (χ0v) is 8.50. The first-order valence-corrected chi connectivity index (χ1v) is 4.74. The predicted molar refractivity (Wildman–Crippen MR) is 53.9 cm³/mol. The van der Waals surface area contributed by atoms with Gasteiger partial charge < -0.3 is 10.1 Å². The Labute approximate surface area is 87.5 Å². The lowest BCUT2D eigenvalue weighted by molar-refractivity contribution is -0.142. The maximum Gasteiger partial charge on any atom is 0.307 e. The first kappa shape index (κ1) is 11.4. The molecule has 0 aliphatic carbocycles. The standard InChI is InChI=1S/C10H13FN2O2/c1-2-15-10(14)6-7-12-9-5-3-4-8(11)13-9/h3-5H,2,6-7H2,1H3,(H,12,13). The van der Waals surface area contributed by atoms with Crippen molar-refractivity contribution in [1.82, 2.24) is 4.98 Å². The summed E-state index contributed by atoms with van der Waals surface area (Å²) in [4.78, 5) is 14.5. The molecule has 0 fully saturated rings. The van der Waals surface area contributed by atoms with Gasteiger partial charge in [0.2, 0.25) is 5.95 Å². The molecule has 1 aromatic heterocycles. The molecule has 5 heteroatoms. The van der Waals surface area contributed by atoms with Crippen molar-refractivity contribution >= 4 is 11.8 Å². The van der Waals surface area contributed by atoms with Gasteiger partial charge in [-0.2, -0.15) is 4.39 Å². The largest absolute Gasteiger partial charge is 0.466 e. The molecule has 4 nitrogen and oxygen atoms in total. The zero-order chi connectivity index (χ0) is 11.1. The fourth-order valence-electron chi connectivity index (χ4n) is 1.03. The van der Waals surface area contributed by atoms with E-state index in [-0.39, 0.29) is 12.4 Å². The number of anilines is 1. The number of ether oxygens (including phenoxy) is 1. The number of pyridine rings is 1. The molecule has 0 atom stereocenters. The quantitative estimate of drug-likeness (QED) is 0.594. The number of rotatable bonds is 5. The molecule has 0 radical (unpaired) electrons. The van der Waals surface area contributed by atoms with E-state index < -0.39 is 5.95 Å². The smallest absolute Gasteiger partial charge is 0.307 e. The molecule has 1 aromatic rings. The minimum Gasteiger partial charge on any atom is -0.466 e. The van der Waals surface area contributed by atoms with Crippen molar-refractivity contribution in [2.75, 3.05) is 18.5 Å². The van der Waals surface area contributed by atoms with Gasteiger partial charge in [0, 0.05) is 6.54 Å². The molecule has 0 amide bonds. The molecule has 0 aromatic carbocycles. The van der Waals surface area contributed by atoms with E-state index in [1.54, 1.807) is 19.1 Å². The number of nitrogens with zero attached hydrogens (tertiary/aromatic N) is 1. The SMILES string of the molecule is CCOC(=O)CCNc1cccc(F)n1. The molecule has 0 aliphatic heterocycles. The van der Waals surface area contributed by atoms with Gasteiger partial charge in [0.1, 0.15) is 5.82 Å². The number of hydrogen-bond acceptors (Lipinski definition) is 4. The molecule has 0 saturated carbocycles. The van der Waals surface area contributed by atoms with Crippen molar-refractivity contribution in [3.8, 4) is 0 Å². The fraction of sp³-hybridized carbons (Fsp3) is 0.400. The lowest BCUT2D eigenvalue weighted by Crippen LogP contribution is -2.12. The summed E-state index contributed by atoms with van der Waals surface area (Å²) in [6, 6.07) is 4.44. The number of hydrogen-bond donors (Lipinski definition) is 1. The van der Waals surface area contributed by atoms with Crippen LogP contribution in [0.1, 0.15) is 13.3 Å². The van der Waals surface area contributed by atoms with Crippen molar-refractivity contribution in [3.63, 3.8) is 0 Å². The molecule has 0 aliphatic rings. The van der Waals surface area contributed by atoms with Gasteiger partial charge in [-0.3, -0.25) is 4.79 Å². The van der Waals surface area contributed by atoms with Crippen molar-refractivity contribution in [2.45, 2.75) is 13.3 Å². The highest BCUT2D eigenvalue weighted by Gasteiger charge is 2.01. The molecule has 0 spiro atoms. The minimum atomic E-state index is -0.545. The monoisotopic (exact) mass is 212 g/mol. The number of carbonyl (C=O) groups is 1. The summed E-state index contributed by atoms with van der Waals surface area (Å²) in [5.41, 5.74) is 0. The Kier molecular flexibility index (Phi) is 4.53. The van der Waals surface area contributed by atoms with E-state index in [2.05, 4.69) is 10.3 Å². The first-order chi connectivity index (χ1) is 7.22. The van der Waals surface area contributed by atoms with Crippen LogP contribution in [0.3, 0.4) is 0 Å². The Morgan fingerprint density at radius 2 is 2.40 bits per heavy atom. The Hall–Kier alpha value is -1.65. The van der Waals surface area contributed by atoms with Crippen molar-refractivity contribution in [1.29, 1.82) is 0 Å². The van der Waals surface area contributed by atoms with Crippen LogP contribution in [0.15, 0.2) is 18.2 Å². The third kappa shape index (κ3) is 4.39. The average Bonchev–Trinajstić information content (AvgIpc) is 2.18. The van der Waals surface area contributed by atoms with Gasteiger partial charge in [-0.15, -0.1) is 0 Å². The van der Waals surface area contributed by atoms with Gasteiger partial charge in [0.15, 0.2) is 0 Å². The van der Waals surface area contributed by atoms with E-state index in [1.807, 2.05) is 0 Å². The van der Waals surface area contributed by atoms with Crippen LogP contribution in [-0.4, -0.2) is 24.1 Å². The normalized spacial score (nSPS) is 9.73. The van der Waals surface area contributed by atoms with E-state index >= 15 is 0 Å². The highest BCUT2D eigenvalue weighted by atomic mass is 19.1. The Morgan fingerprint density at radius 3 is 3.07 bits per heavy atom. The maximum atomic E-state index is 12.6. The molecule has 15 heavy (non-hydrogen) atoms. The summed E-state index contributed by atoms with van der Waals surface area (Å²) in [5, 5.41) is 2.82. The fourth-order valence-corrected chi connectivity index (χ4v) is 1.03. The van der Waals surface area contributed by atoms with Crippen LogP contribution in [0.5, 0.6) is 0 Å². The van der Waals surface area contributed by atoms with Crippen LogP contribution in [0.4, 0.5) is 10.2 Å². The first-order valence-electron chi connectivity index (χ1n) is 4.74. The number of esters is 1. The second-order valence-electron chi connectivity index (χ2n) is 2.83. The number of carbonyl (C=O) groups excluding carboxylic acids is 1. The molecule has 1 N–H and O–H groups in total. The van der Waals surface area contributed by atoms with Crippen molar-refractivity contribution in [3.05, 3.63) is 24.1 Å². The summed E-state index contributed by atoms with van der Waals surface area (Å²) >= 11 is 0. The molecule has 0 unspecified atom stereocenters. The van der Waals surface area contributed by atoms with Crippen LogP contribution in [0, 0.1) is 5.95 Å². The van der Waals surface area contributed by atoms with Crippen LogP contribution >= 0.6 is 0 Å². The van der Waals surface area contributed by atoms with Crippen LogP contribution < -0.4 is 5.32 Å². The van der Waals surface area contributed by atoms with E-state index in [0.29, 0.717) is 19.0 Å². The molecule has 82 valence electrons.